The van der Waals surface area contributed by atoms with E-state index >= 15 is 0 Å². The molecule has 0 unspecified atom stereocenters. The lowest BCUT2D eigenvalue weighted by atomic mass is 9.92. The highest BCUT2D eigenvalue weighted by Gasteiger charge is 2.19. The minimum atomic E-state index is 0.439. The first-order valence-electron chi connectivity index (χ1n) is 14.3. The summed E-state index contributed by atoms with van der Waals surface area (Å²) in [5.41, 5.74) is 3.64. The summed E-state index contributed by atoms with van der Waals surface area (Å²) < 4.78 is 0. The fourth-order valence-electron chi connectivity index (χ4n) is 7.03. The van der Waals surface area contributed by atoms with Crippen LogP contribution in [0.2, 0.25) is 0 Å². The van der Waals surface area contributed by atoms with Crippen LogP contribution >= 0.6 is 0 Å². The molecule has 0 spiro atoms. The van der Waals surface area contributed by atoms with E-state index in [0.717, 1.165) is 38.6 Å². The second-order valence-corrected chi connectivity index (χ2v) is 11.3. The van der Waals surface area contributed by atoms with E-state index in [4.69, 9.17) is 6.57 Å². The molecule has 0 amide bonds. The van der Waals surface area contributed by atoms with Crippen molar-refractivity contribution in [3.05, 3.63) is 144 Å². The van der Waals surface area contributed by atoms with Gasteiger partial charge in [-0.25, -0.2) is 4.85 Å². The highest BCUT2D eigenvalue weighted by molar-refractivity contribution is 6.25. The highest BCUT2D eigenvalue weighted by Crippen LogP contribution is 2.45. The normalized spacial score (nSPS) is 11.7. The number of benzene rings is 9. The summed E-state index contributed by atoms with van der Waals surface area (Å²) in [6.07, 6.45) is 0. The molecule has 0 saturated carbocycles. The van der Waals surface area contributed by atoms with Gasteiger partial charge in [0.2, 0.25) is 0 Å². The summed E-state index contributed by atoms with van der Waals surface area (Å²) >= 11 is 0. The molecule has 196 valence electrons. The largest absolute Gasteiger partial charge is 0.312 e. The molecule has 0 bridgehead atoms. The van der Waals surface area contributed by atoms with Crippen LogP contribution in [0.5, 0.6) is 0 Å². The Kier molecular flexibility index (Phi) is 4.74. The minimum absolute atomic E-state index is 0.439. The summed E-state index contributed by atoms with van der Waals surface area (Å²) in [5.74, 6) is 0. The maximum Gasteiger partial charge on any atom is 0.190 e. The van der Waals surface area contributed by atoms with Crippen molar-refractivity contribution in [3.63, 3.8) is 0 Å². The van der Waals surface area contributed by atoms with Crippen LogP contribution in [-0.2, 0) is 0 Å². The monoisotopic (exact) mass is 543 g/mol. The zero-order chi connectivity index (χ0) is 28.7. The summed E-state index contributed by atoms with van der Waals surface area (Å²) in [5, 5.41) is 24.5. The van der Waals surface area contributed by atoms with Crippen LogP contribution in [0, 0.1) is 17.9 Å². The predicted molar refractivity (Wildman–Crippen MR) is 180 cm³/mol. The smallest absolute Gasteiger partial charge is 0.190 e. The molecule has 0 fully saturated rings. The Bertz CT molecular complexity index is 2340. The molecule has 0 saturated heterocycles. The molecule has 0 aliphatic rings. The number of nitriles is 1. The number of hydrogen-bond donors (Lipinski definition) is 0. The van der Waals surface area contributed by atoms with Crippen LogP contribution in [-0.4, -0.2) is 0 Å². The molecular formula is C40H21N3. The van der Waals surface area contributed by atoms with Crippen molar-refractivity contribution in [2.45, 2.75) is 0 Å². The van der Waals surface area contributed by atoms with Gasteiger partial charge in [0.1, 0.15) is 0 Å². The number of rotatable bonds is 3. The molecule has 3 nitrogen and oxygen atoms in total. The average Bonchev–Trinajstić information content (AvgIpc) is 3.06. The molecule has 0 aliphatic carbocycles. The van der Waals surface area contributed by atoms with E-state index in [0.29, 0.717) is 11.3 Å². The Morgan fingerprint density at radius 2 is 0.837 bits per heavy atom. The molecule has 9 rings (SSSR count). The SMILES string of the molecule is [C-]#[N+]c1cc(C#N)cc(N(c2cc3ccc4cccc5ccc(c2)c3c45)c2cc3ccc4cccc5ccc(c2)c3c45)c1. The van der Waals surface area contributed by atoms with E-state index in [9.17, 15) is 5.26 Å². The first-order valence-corrected chi connectivity index (χ1v) is 14.3. The third-order valence-electron chi connectivity index (χ3n) is 8.83. The Morgan fingerprint density at radius 1 is 0.465 bits per heavy atom. The van der Waals surface area contributed by atoms with Crippen molar-refractivity contribution in [1.29, 1.82) is 5.26 Å². The fraction of sp³-hybridized carbons (Fsp3) is 0. The van der Waals surface area contributed by atoms with Gasteiger partial charge in [-0.15, -0.1) is 0 Å². The summed E-state index contributed by atoms with van der Waals surface area (Å²) in [4.78, 5) is 5.90. The third-order valence-corrected chi connectivity index (χ3v) is 8.83. The molecule has 0 N–H and O–H groups in total. The molecular weight excluding hydrogens is 522 g/mol. The van der Waals surface area contributed by atoms with Gasteiger partial charge in [-0.05, 0) is 107 Å². The zero-order valence-corrected chi connectivity index (χ0v) is 23.0. The molecule has 0 aliphatic heterocycles. The number of anilines is 3. The zero-order valence-electron chi connectivity index (χ0n) is 23.0. The molecule has 0 heterocycles. The summed E-state index contributed by atoms with van der Waals surface area (Å²) in [6.45, 7) is 7.75. The minimum Gasteiger partial charge on any atom is -0.312 e. The molecule has 9 aromatic carbocycles. The lowest BCUT2D eigenvalue weighted by Gasteiger charge is -2.28. The van der Waals surface area contributed by atoms with Gasteiger partial charge in [-0.2, -0.15) is 5.26 Å². The van der Waals surface area contributed by atoms with E-state index in [1.807, 2.05) is 12.1 Å². The first-order chi connectivity index (χ1) is 21.2. The van der Waals surface area contributed by atoms with Gasteiger partial charge in [0.15, 0.2) is 5.69 Å². The predicted octanol–water partition coefficient (Wildman–Crippen LogP) is 11.4. The second-order valence-electron chi connectivity index (χ2n) is 11.3. The Hall–Kier alpha value is -6.16. The van der Waals surface area contributed by atoms with E-state index in [1.54, 1.807) is 6.07 Å². The van der Waals surface area contributed by atoms with Gasteiger partial charge in [0.05, 0.1) is 12.6 Å². The van der Waals surface area contributed by atoms with E-state index in [1.165, 1.54) is 43.1 Å². The van der Waals surface area contributed by atoms with Crippen LogP contribution in [0.25, 0.3) is 69.5 Å². The highest BCUT2D eigenvalue weighted by atomic mass is 15.1. The Balaban J connectivity index is 1.37. The summed E-state index contributed by atoms with van der Waals surface area (Å²) in [7, 11) is 0. The van der Waals surface area contributed by atoms with Crippen LogP contribution in [0.3, 0.4) is 0 Å². The fourth-order valence-corrected chi connectivity index (χ4v) is 7.03. The lowest BCUT2D eigenvalue weighted by Crippen LogP contribution is -2.10. The van der Waals surface area contributed by atoms with Crippen molar-refractivity contribution in [1.82, 2.24) is 0 Å². The maximum absolute atomic E-state index is 9.88. The standard InChI is InChI=1S/C40H21N3/c1-42-33-16-24(23-41)17-34(22-33)43(35-18-29-12-8-25-4-2-5-26-9-13-30(19-35)39(29)37(25)26)36-20-31-14-10-27-6-3-7-28-11-15-32(21-36)40(31)38(27)28/h2-22H. The molecule has 43 heavy (non-hydrogen) atoms. The van der Waals surface area contributed by atoms with Crippen LogP contribution < -0.4 is 4.90 Å². The second kappa shape index (κ2) is 8.67. The molecule has 0 radical (unpaired) electrons. The molecule has 0 aromatic heterocycles. The van der Waals surface area contributed by atoms with Gasteiger partial charge in [0, 0.05) is 22.6 Å². The van der Waals surface area contributed by atoms with Gasteiger partial charge in [0.25, 0.3) is 0 Å². The van der Waals surface area contributed by atoms with Crippen molar-refractivity contribution >= 4 is 87.4 Å². The van der Waals surface area contributed by atoms with E-state index < -0.39 is 0 Å². The van der Waals surface area contributed by atoms with Crippen molar-refractivity contribution in [3.8, 4) is 6.07 Å². The molecule has 0 atom stereocenters. The van der Waals surface area contributed by atoms with Gasteiger partial charge < -0.3 is 4.90 Å². The number of hydrogen-bond acceptors (Lipinski definition) is 2. The number of nitrogens with zero attached hydrogens (tertiary/aromatic N) is 3. The average molecular weight is 544 g/mol. The third kappa shape index (κ3) is 3.40. The quantitative estimate of drug-likeness (QED) is 0.164. The Morgan fingerprint density at radius 3 is 1.23 bits per heavy atom. The Labute approximate surface area is 247 Å². The van der Waals surface area contributed by atoms with Crippen LogP contribution in [0.15, 0.2) is 127 Å². The topological polar surface area (TPSA) is 31.4 Å². The van der Waals surface area contributed by atoms with Crippen LogP contribution in [0.1, 0.15) is 5.56 Å². The van der Waals surface area contributed by atoms with Gasteiger partial charge in [-0.3, -0.25) is 0 Å². The van der Waals surface area contributed by atoms with Crippen molar-refractivity contribution in [2.24, 2.45) is 0 Å². The first kappa shape index (κ1) is 23.5. The van der Waals surface area contributed by atoms with Crippen LogP contribution in [0.4, 0.5) is 22.7 Å². The van der Waals surface area contributed by atoms with Gasteiger partial charge >= 0.3 is 0 Å². The van der Waals surface area contributed by atoms with E-state index in [-0.39, 0.29) is 0 Å². The molecule has 3 heteroatoms. The molecule has 9 aromatic rings. The van der Waals surface area contributed by atoms with E-state index in [2.05, 4.69) is 125 Å². The van der Waals surface area contributed by atoms with Gasteiger partial charge in [-0.1, -0.05) is 84.9 Å². The van der Waals surface area contributed by atoms with Crippen molar-refractivity contribution in [2.75, 3.05) is 4.90 Å². The lowest BCUT2D eigenvalue weighted by molar-refractivity contribution is 1.30. The summed E-state index contributed by atoms with van der Waals surface area (Å²) in [6, 6.07) is 47.1. The maximum atomic E-state index is 9.88. The van der Waals surface area contributed by atoms with Crippen molar-refractivity contribution < 1.29 is 0 Å².